The van der Waals surface area contributed by atoms with Gasteiger partial charge in [-0.3, -0.25) is 4.79 Å². The Labute approximate surface area is 163 Å². The van der Waals surface area contributed by atoms with Crippen molar-refractivity contribution in [2.24, 2.45) is 0 Å². The molecule has 0 saturated carbocycles. The Morgan fingerprint density at radius 1 is 1.04 bits per heavy atom. The predicted molar refractivity (Wildman–Crippen MR) is 113 cm³/mol. The molecule has 0 aromatic heterocycles. The van der Waals surface area contributed by atoms with Crippen molar-refractivity contribution in [2.45, 2.75) is 13.8 Å². The van der Waals surface area contributed by atoms with Crippen molar-refractivity contribution < 1.29 is 4.79 Å². The fraction of sp³-hybridized carbons (Fsp3) is 0.350. The third kappa shape index (κ3) is 4.15. The van der Waals surface area contributed by atoms with Gasteiger partial charge in [-0.25, -0.2) is 0 Å². The number of carbonyl (C=O) groups excluding carboxylic acids is 1. The van der Waals surface area contributed by atoms with E-state index in [1.54, 1.807) is 0 Å². The highest BCUT2D eigenvalue weighted by Crippen LogP contribution is 2.25. The lowest BCUT2D eigenvalue weighted by Gasteiger charge is -2.35. The second-order valence-electron chi connectivity index (χ2n) is 6.68. The Morgan fingerprint density at radius 2 is 1.76 bits per heavy atom. The molecule has 25 heavy (non-hydrogen) atoms. The van der Waals surface area contributed by atoms with Crippen molar-refractivity contribution in [3.05, 3.63) is 56.7 Å². The minimum atomic E-state index is -0.0557. The van der Waals surface area contributed by atoms with Crippen LogP contribution in [0.25, 0.3) is 0 Å². The van der Waals surface area contributed by atoms with Gasteiger partial charge >= 0.3 is 0 Å². The van der Waals surface area contributed by atoms with Crippen molar-refractivity contribution in [1.82, 2.24) is 4.90 Å². The second-order valence-corrected chi connectivity index (χ2v) is 7.76. The third-order valence-electron chi connectivity index (χ3n) is 4.74. The molecule has 1 fully saturated rings. The number of nitrogens with one attached hydrogen (secondary N) is 1. The first-order valence-electron chi connectivity index (χ1n) is 8.56. The number of aryl methyl sites for hydroxylation is 2. The first kappa shape index (κ1) is 18.2. The Morgan fingerprint density at radius 3 is 2.44 bits per heavy atom. The number of amides is 1. The number of halogens is 1. The van der Waals surface area contributed by atoms with Gasteiger partial charge < -0.3 is 15.1 Å². The number of likely N-dealkylation sites (N-methyl/N-ethyl adjacent to an activating group) is 1. The summed E-state index contributed by atoms with van der Waals surface area (Å²) in [7, 11) is 2.16. The predicted octanol–water partition coefficient (Wildman–Crippen LogP) is 3.91. The van der Waals surface area contributed by atoms with E-state index in [1.807, 2.05) is 31.2 Å². The zero-order chi connectivity index (χ0) is 18.0. The number of rotatable bonds is 3. The molecule has 0 atom stereocenters. The molecule has 1 saturated heterocycles. The van der Waals surface area contributed by atoms with Crippen molar-refractivity contribution in [2.75, 3.05) is 43.4 Å². The molecule has 0 radical (unpaired) electrons. The van der Waals surface area contributed by atoms with Crippen LogP contribution in [0.2, 0.25) is 0 Å². The van der Waals surface area contributed by atoms with Crippen molar-refractivity contribution in [1.29, 1.82) is 0 Å². The van der Waals surface area contributed by atoms with Crippen LogP contribution in [0.3, 0.4) is 0 Å². The quantitative estimate of drug-likeness (QED) is 0.722. The monoisotopic (exact) mass is 449 g/mol. The number of benzene rings is 2. The lowest BCUT2D eigenvalue weighted by Crippen LogP contribution is -2.44. The van der Waals surface area contributed by atoms with Gasteiger partial charge in [-0.2, -0.15) is 0 Å². The molecule has 0 unspecified atom stereocenters. The first-order valence-corrected chi connectivity index (χ1v) is 9.64. The van der Waals surface area contributed by atoms with Gasteiger partial charge in [-0.05, 0) is 78.9 Å². The fourth-order valence-electron chi connectivity index (χ4n) is 3.16. The summed E-state index contributed by atoms with van der Waals surface area (Å²) in [6.07, 6.45) is 0. The number of hydrogen-bond donors (Lipinski definition) is 1. The van der Waals surface area contributed by atoms with Gasteiger partial charge in [-0.1, -0.05) is 12.1 Å². The van der Waals surface area contributed by atoms with Crippen LogP contribution >= 0.6 is 22.6 Å². The van der Waals surface area contributed by atoms with E-state index in [2.05, 4.69) is 63.8 Å². The molecule has 2 aromatic carbocycles. The van der Waals surface area contributed by atoms with Gasteiger partial charge in [0, 0.05) is 41.1 Å². The average Bonchev–Trinajstić information content (AvgIpc) is 2.58. The van der Waals surface area contributed by atoms with E-state index < -0.39 is 0 Å². The van der Waals surface area contributed by atoms with Gasteiger partial charge in [0.1, 0.15) is 0 Å². The van der Waals surface area contributed by atoms with E-state index in [9.17, 15) is 4.79 Å². The Bertz CT molecular complexity index is 783. The lowest BCUT2D eigenvalue weighted by molar-refractivity contribution is 0.102. The summed E-state index contributed by atoms with van der Waals surface area (Å²) in [4.78, 5) is 17.4. The number of hydrogen-bond acceptors (Lipinski definition) is 3. The Hall–Kier alpha value is -1.60. The molecule has 1 heterocycles. The van der Waals surface area contributed by atoms with Crippen LogP contribution in [0, 0.1) is 17.4 Å². The maximum Gasteiger partial charge on any atom is 0.256 e. The summed E-state index contributed by atoms with van der Waals surface area (Å²) in [6, 6.07) is 12.0. The van der Waals surface area contributed by atoms with Gasteiger partial charge in [0.05, 0.1) is 5.56 Å². The second kappa shape index (κ2) is 7.74. The highest BCUT2D eigenvalue weighted by Gasteiger charge is 2.17. The smallest absolute Gasteiger partial charge is 0.256 e. The van der Waals surface area contributed by atoms with Crippen LogP contribution in [-0.2, 0) is 0 Å². The summed E-state index contributed by atoms with van der Waals surface area (Å²) in [5.74, 6) is -0.0557. The van der Waals surface area contributed by atoms with Crippen LogP contribution in [0.5, 0.6) is 0 Å². The molecule has 0 spiro atoms. The molecular weight excluding hydrogens is 425 g/mol. The molecule has 1 amide bonds. The van der Waals surface area contributed by atoms with E-state index in [-0.39, 0.29) is 5.91 Å². The molecule has 2 aromatic rings. The molecule has 1 N–H and O–H groups in total. The van der Waals surface area contributed by atoms with Crippen molar-refractivity contribution >= 4 is 39.9 Å². The molecule has 1 aliphatic rings. The van der Waals surface area contributed by atoms with Gasteiger partial charge in [-0.15, -0.1) is 0 Å². The van der Waals surface area contributed by atoms with E-state index in [0.29, 0.717) is 0 Å². The normalized spacial score (nSPS) is 15.3. The SMILES string of the molecule is Cc1cc(NC(=O)c2cccc(C)c2I)ccc1N1CCN(C)CC1. The zero-order valence-corrected chi connectivity index (χ0v) is 17.1. The zero-order valence-electron chi connectivity index (χ0n) is 15.0. The maximum atomic E-state index is 12.6. The van der Waals surface area contributed by atoms with Crippen molar-refractivity contribution in [3.8, 4) is 0 Å². The van der Waals surface area contributed by atoms with Crippen molar-refractivity contribution in [3.63, 3.8) is 0 Å². The third-order valence-corrected chi connectivity index (χ3v) is 6.17. The van der Waals surface area contributed by atoms with Gasteiger partial charge in [0.2, 0.25) is 0 Å². The van der Waals surface area contributed by atoms with Crippen LogP contribution in [0.4, 0.5) is 11.4 Å². The van der Waals surface area contributed by atoms with Gasteiger partial charge in [0.25, 0.3) is 5.91 Å². The van der Waals surface area contributed by atoms with Crippen LogP contribution < -0.4 is 10.2 Å². The Balaban J connectivity index is 1.74. The van der Waals surface area contributed by atoms with E-state index in [1.165, 1.54) is 11.3 Å². The summed E-state index contributed by atoms with van der Waals surface area (Å²) < 4.78 is 1.00. The minimum absolute atomic E-state index is 0.0557. The van der Waals surface area contributed by atoms with Crippen LogP contribution in [0.15, 0.2) is 36.4 Å². The number of carbonyl (C=O) groups is 1. The molecule has 1 aliphatic heterocycles. The van der Waals surface area contributed by atoms with Gasteiger partial charge in [0.15, 0.2) is 0 Å². The standard InChI is InChI=1S/C20H24IN3O/c1-14-5-4-6-17(19(14)21)20(25)22-16-7-8-18(15(2)13-16)24-11-9-23(3)10-12-24/h4-8,13H,9-12H2,1-3H3,(H,22,25). The minimum Gasteiger partial charge on any atom is -0.369 e. The number of anilines is 2. The summed E-state index contributed by atoms with van der Waals surface area (Å²) in [5.41, 5.74) is 5.14. The molecule has 0 bridgehead atoms. The highest BCUT2D eigenvalue weighted by atomic mass is 127. The summed E-state index contributed by atoms with van der Waals surface area (Å²) >= 11 is 2.23. The number of nitrogens with zero attached hydrogens (tertiary/aromatic N) is 2. The molecule has 4 nitrogen and oxygen atoms in total. The van der Waals surface area contributed by atoms with Crippen LogP contribution in [-0.4, -0.2) is 44.0 Å². The molecule has 0 aliphatic carbocycles. The average molecular weight is 449 g/mol. The molecule has 3 rings (SSSR count). The Kier molecular flexibility index (Phi) is 5.64. The summed E-state index contributed by atoms with van der Waals surface area (Å²) in [5, 5.41) is 3.03. The topological polar surface area (TPSA) is 35.6 Å². The van der Waals surface area contributed by atoms with E-state index in [4.69, 9.17) is 0 Å². The molecular formula is C20H24IN3O. The van der Waals surface area contributed by atoms with E-state index in [0.717, 1.165) is 46.6 Å². The molecule has 5 heteroatoms. The van der Waals surface area contributed by atoms with E-state index >= 15 is 0 Å². The summed E-state index contributed by atoms with van der Waals surface area (Å²) in [6.45, 7) is 8.40. The number of piperazine rings is 1. The lowest BCUT2D eigenvalue weighted by atomic mass is 10.1. The first-order chi connectivity index (χ1) is 12.0. The largest absolute Gasteiger partial charge is 0.369 e. The molecule has 132 valence electrons. The highest BCUT2D eigenvalue weighted by molar-refractivity contribution is 14.1. The maximum absolute atomic E-state index is 12.6. The van der Waals surface area contributed by atoms with Crippen LogP contribution in [0.1, 0.15) is 21.5 Å². The fourth-order valence-corrected chi connectivity index (χ4v) is 3.76.